The van der Waals surface area contributed by atoms with Crippen LogP contribution in [0.3, 0.4) is 0 Å². The van der Waals surface area contributed by atoms with Gasteiger partial charge < -0.3 is 4.74 Å². The van der Waals surface area contributed by atoms with Crippen molar-refractivity contribution in [1.29, 1.82) is 5.26 Å². The number of rotatable bonds is 14. The Morgan fingerprint density at radius 3 is 2.24 bits per heavy atom. The van der Waals surface area contributed by atoms with E-state index in [1.165, 1.54) is 68.1 Å². The van der Waals surface area contributed by atoms with Crippen LogP contribution in [0.15, 0.2) is 48.5 Å². The first-order valence-corrected chi connectivity index (χ1v) is 13.9. The van der Waals surface area contributed by atoms with Gasteiger partial charge in [-0.3, -0.25) is 0 Å². The predicted molar refractivity (Wildman–Crippen MR) is 144 cm³/mol. The zero-order chi connectivity index (χ0) is 24.1. The van der Waals surface area contributed by atoms with Crippen molar-refractivity contribution in [2.24, 2.45) is 5.41 Å². The minimum Gasteiger partial charge on any atom is -0.494 e. The summed E-state index contributed by atoms with van der Waals surface area (Å²) in [6.45, 7) is 5.28. The van der Waals surface area contributed by atoms with Crippen LogP contribution < -0.4 is 4.74 Å². The highest BCUT2D eigenvalue weighted by molar-refractivity contribution is 5.69. The fraction of sp³-hybridized carbons (Fsp3) is 0.594. The molecule has 0 spiro atoms. The van der Waals surface area contributed by atoms with Crippen molar-refractivity contribution < 1.29 is 4.74 Å². The summed E-state index contributed by atoms with van der Waals surface area (Å²) in [5.74, 6) is 1.50. The van der Waals surface area contributed by atoms with Gasteiger partial charge in [-0.25, -0.2) is 0 Å². The van der Waals surface area contributed by atoms with Gasteiger partial charge in [0.25, 0.3) is 0 Å². The number of unbranched alkanes of at least 4 members (excludes halogenated alkanes) is 7. The normalized spacial score (nSPS) is 20.1. The summed E-state index contributed by atoms with van der Waals surface area (Å²) >= 11 is 0. The van der Waals surface area contributed by atoms with E-state index in [4.69, 9.17) is 4.74 Å². The molecule has 0 unspecified atom stereocenters. The van der Waals surface area contributed by atoms with Crippen LogP contribution in [-0.2, 0) is 0 Å². The largest absolute Gasteiger partial charge is 0.494 e. The first kappa shape index (κ1) is 26.3. The lowest BCUT2D eigenvalue weighted by atomic mass is 9.67. The molecule has 0 heterocycles. The molecule has 1 aliphatic carbocycles. The van der Waals surface area contributed by atoms with Crippen LogP contribution in [0.2, 0.25) is 0 Å². The molecule has 3 rings (SSSR count). The molecule has 184 valence electrons. The van der Waals surface area contributed by atoms with E-state index >= 15 is 0 Å². The fourth-order valence-electron chi connectivity index (χ4n) is 5.53. The van der Waals surface area contributed by atoms with Crippen LogP contribution in [0.4, 0.5) is 0 Å². The van der Waals surface area contributed by atoms with Crippen LogP contribution >= 0.6 is 0 Å². The molecule has 2 aromatic carbocycles. The third kappa shape index (κ3) is 7.63. The second-order valence-corrected chi connectivity index (χ2v) is 10.4. The van der Waals surface area contributed by atoms with Gasteiger partial charge in [0, 0.05) is 0 Å². The molecule has 0 radical (unpaired) electrons. The molecule has 2 heteroatoms. The summed E-state index contributed by atoms with van der Waals surface area (Å²) in [5.41, 5.74) is 3.90. The van der Waals surface area contributed by atoms with E-state index in [-0.39, 0.29) is 5.41 Å². The van der Waals surface area contributed by atoms with E-state index < -0.39 is 0 Å². The average Bonchev–Trinajstić information content (AvgIpc) is 2.89. The summed E-state index contributed by atoms with van der Waals surface area (Å²) < 4.78 is 6.13. The Kier molecular flexibility index (Phi) is 11.0. The quantitative estimate of drug-likeness (QED) is 0.263. The Labute approximate surface area is 208 Å². The van der Waals surface area contributed by atoms with Gasteiger partial charge >= 0.3 is 0 Å². The molecule has 0 atom stereocenters. The highest BCUT2D eigenvalue weighted by Crippen LogP contribution is 2.48. The molecule has 0 aliphatic heterocycles. The molecule has 0 N–H and O–H groups in total. The Balaban J connectivity index is 1.68. The lowest BCUT2D eigenvalue weighted by Gasteiger charge is -2.36. The van der Waals surface area contributed by atoms with Gasteiger partial charge in [-0.1, -0.05) is 102 Å². The van der Waals surface area contributed by atoms with Gasteiger partial charge in [0.05, 0.1) is 18.1 Å². The minimum atomic E-state index is -0.109. The monoisotopic (exact) mass is 459 g/mol. The van der Waals surface area contributed by atoms with E-state index in [2.05, 4.69) is 68.4 Å². The van der Waals surface area contributed by atoms with Gasteiger partial charge in [-0.2, -0.15) is 5.26 Å². The first-order valence-electron chi connectivity index (χ1n) is 13.9. The zero-order valence-electron chi connectivity index (χ0n) is 21.7. The van der Waals surface area contributed by atoms with Gasteiger partial charge in [-0.15, -0.1) is 0 Å². The smallest absolute Gasteiger partial charge is 0.119 e. The zero-order valence-corrected chi connectivity index (χ0v) is 21.7. The van der Waals surface area contributed by atoms with Gasteiger partial charge in [0.1, 0.15) is 5.75 Å². The van der Waals surface area contributed by atoms with E-state index in [0.717, 1.165) is 50.9 Å². The SMILES string of the molecule is CCCCCCCCC1(C#N)CCC(c2cc(OCCCCC)ccc2-c2ccccc2)CC1. The van der Waals surface area contributed by atoms with Crippen LogP contribution in [-0.4, -0.2) is 6.61 Å². The third-order valence-electron chi connectivity index (χ3n) is 7.75. The Bertz CT molecular complexity index is 874. The molecule has 1 aliphatic rings. The molecule has 0 saturated heterocycles. The van der Waals surface area contributed by atoms with Crippen molar-refractivity contribution in [2.75, 3.05) is 6.61 Å². The van der Waals surface area contributed by atoms with Crippen LogP contribution in [0, 0.1) is 16.7 Å². The number of nitrogens with zero attached hydrogens (tertiary/aromatic N) is 1. The minimum absolute atomic E-state index is 0.109. The van der Waals surface area contributed by atoms with Crippen molar-refractivity contribution in [2.45, 2.75) is 110 Å². The number of benzene rings is 2. The molecule has 0 bridgehead atoms. The number of nitriles is 1. The molecule has 0 aromatic heterocycles. The van der Waals surface area contributed by atoms with Crippen molar-refractivity contribution in [3.8, 4) is 22.9 Å². The maximum absolute atomic E-state index is 10.1. The van der Waals surface area contributed by atoms with Crippen molar-refractivity contribution in [3.63, 3.8) is 0 Å². The molecule has 0 amide bonds. The molecule has 34 heavy (non-hydrogen) atoms. The Morgan fingerprint density at radius 1 is 0.853 bits per heavy atom. The van der Waals surface area contributed by atoms with E-state index in [1.807, 2.05) is 0 Å². The summed E-state index contributed by atoms with van der Waals surface area (Å²) in [4.78, 5) is 0. The van der Waals surface area contributed by atoms with Crippen LogP contribution in [0.5, 0.6) is 5.75 Å². The summed E-state index contributed by atoms with van der Waals surface area (Å²) in [6.07, 6.45) is 16.7. The second-order valence-electron chi connectivity index (χ2n) is 10.4. The van der Waals surface area contributed by atoms with Gasteiger partial charge in [0.15, 0.2) is 0 Å². The Morgan fingerprint density at radius 2 is 1.53 bits per heavy atom. The van der Waals surface area contributed by atoms with Crippen LogP contribution in [0.1, 0.15) is 115 Å². The molecular formula is C32H45NO. The maximum Gasteiger partial charge on any atom is 0.119 e. The molecule has 2 nitrogen and oxygen atoms in total. The molecule has 1 saturated carbocycles. The number of hydrogen-bond donors (Lipinski definition) is 0. The van der Waals surface area contributed by atoms with Gasteiger partial charge in [-0.05, 0) is 73.3 Å². The number of ether oxygens (including phenoxy) is 1. The van der Waals surface area contributed by atoms with E-state index in [1.54, 1.807) is 0 Å². The second kappa shape index (κ2) is 14.2. The molecular weight excluding hydrogens is 414 g/mol. The van der Waals surface area contributed by atoms with Crippen molar-refractivity contribution in [1.82, 2.24) is 0 Å². The topological polar surface area (TPSA) is 33.0 Å². The average molecular weight is 460 g/mol. The third-order valence-corrected chi connectivity index (χ3v) is 7.75. The first-order chi connectivity index (χ1) is 16.7. The van der Waals surface area contributed by atoms with E-state index in [9.17, 15) is 5.26 Å². The maximum atomic E-state index is 10.1. The molecule has 1 fully saturated rings. The Hall–Kier alpha value is -2.27. The van der Waals surface area contributed by atoms with Crippen LogP contribution in [0.25, 0.3) is 11.1 Å². The summed E-state index contributed by atoms with van der Waals surface area (Å²) in [7, 11) is 0. The summed E-state index contributed by atoms with van der Waals surface area (Å²) in [5, 5.41) is 10.1. The molecule has 2 aromatic rings. The lowest BCUT2D eigenvalue weighted by Crippen LogP contribution is -2.25. The standard InChI is InChI=1S/C32H45NO/c1-3-5-7-8-9-13-21-32(26-33)22-19-28(20-23-32)31-25-29(34-24-14-6-4-2)17-18-30(31)27-15-11-10-12-16-27/h10-12,15-18,25,28H,3-9,13-14,19-24H2,1-2H3. The van der Waals surface area contributed by atoms with Crippen molar-refractivity contribution >= 4 is 0 Å². The summed E-state index contributed by atoms with van der Waals surface area (Å²) in [6, 6.07) is 20.2. The highest BCUT2D eigenvalue weighted by atomic mass is 16.5. The van der Waals surface area contributed by atoms with E-state index in [0.29, 0.717) is 5.92 Å². The van der Waals surface area contributed by atoms with Crippen molar-refractivity contribution in [3.05, 3.63) is 54.1 Å². The fourth-order valence-corrected chi connectivity index (χ4v) is 5.53. The predicted octanol–water partition coefficient (Wildman–Crippen LogP) is 9.84. The number of hydrogen-bond acceptors (Lipinski definition) is 2. The van der Waals surface area contributed by atoms with Gasteiger partial charge in [0.2, 0.25) is 0 Å². The lowest BCUT2D eigenvalue weighted by molar-refractivity contribution is 0.222. The highest BCUT2D eigenvalue weighted by Gasteiger charge is 2.36.